The molecular formula is C15H24N2O. The summed E-state index contributed by atoms with van der Waals surface area (Å²) < 4.78 is 5.38. The van der Waals surface area contributed by atoms with Crippen LogP contribution < -0.4 is 4.74 Å². The molecule has 0 bridgehead atoms. The van der Waals surface area contributed by atoms with Crippen molar-refractivity contribution in [3.63, 3.8) is 0 Å². The number of piperazine rings is 1. The number of hydrogen-bond acceptors (Lipinski definition) is 3. The molecule has 1 aliphatic heterocycles. The van der Waals surface area contributed by atoms with Gasteiger partial charge in [-0.05, 0) is 38.1 Å². The Kier molecular flexibility index (Phi) is 5.02. The van der Waals surface area contributed by atoms with Crippen molar-refractivity contribution in [2.75, 3.05) is 46.9 Å². The molecule has 1 aromatic rings. The third-order valence-electron chi connectivity index (χ3n) is 3.71. The van der Waals surface area contributed by atoms with Crippen LogP contribution in [0, 0.1) is 0 Å². The minimum atomic E-state index is 1.02. The molecule has 0 aromatic heterocycles. The van der Waals surface area contributed by atoms with Crippen LogP contribution in [0.2, 0.25) is 0 Å². The lowest BCUT2D eigenvalue weighted by atomic mass is 10.1. The predicted octanol–water partition coefficient (Wildman–Crippen LogP) is 1.88. The molecule has 1 heterocycles. The summed E-state index contributed by atoms with van der Waals surface area (Å²) in [5, 5.41) is 0. The second-order valence-corrected chi connectivity index (χ2v) is 5.06. The normalized spacial score (nSPS) is 17.9. The van der Waals surface area contributed by atoms with Crippen molar-refractivity contribution in [2.45, 2.75) is 12.8 Å². The Bertz CT molecular complexity index is 359. The number of methoxy groups -OCH3 is 1. The van der Waals surface area contributed by atoms with Crippen LogP contribution in [0.5, 0.6) is 5.75 Å². The maximum absolute atomic E-state index is 5.38. The van der Waals surface area contributed by atoms with Crippen molar-refractivity contribution >= 4 is 0 Å². The van der Waals surface area contributed by atoms with Crippen molar-refractivity contribution in [1.82, 2.24) is 9.80 Å². The number of benzene rings is 1. The summed E-state index contributed by atoms with van der Waals surface area (Å²) in [5.74, 6) is 1.02. The van der Waals surface area contributed by atoms with Crippen LogP contribution in [-0.4, -0.2) is 56.7 Å². The average molecular weight is 248 g/mol. The Morgan fingerprint density at radius 1 is 1.11 bits per heavy atom. The van der Waals surface area contributed by atoms with Gasteiger partial charge in [0.15, 0.2) is 0 Å². The molecule has 1 saturated heterocycles. The zero-order chi connectivity index (χ0) is 12.8. The highest BCUT2D eigenvalue weighted by molar-refractivity contribution is 5.33. The summed E-state index contributed by atoms with van der Waals surface area (Å²) >= 11 is 0. The number of ether oxygens (including phenoxy) is 1. The minimum absolute atomic E-state index is 1.02. The predicted molar refractivity (Wildman–Crippen MR) is 75.3 cm³/mol. The Balaban J connectivity index is 1.75. The van der Waals surface area contributed by atoms with E-state index in [-0.39, 0.29) is 0 Å². The fraction of sp³-hybridized carbons (Fsp3) is 0.600. The highest BCUT2D eigenvalue weighted by Gasteiger charge is 2.13. The van der Waals surface area contributed by atoms with Gasteiger partial charge in [0.05, 0.1) is 7.11 Å². The van der Waals surface area contributed by atoms with E-state index in [1.165, 1.54) is 44.7 Å². The van der Waals surface area contributed by atoms with Crippen LogP contribution in [0.3, 0.4) is 0 Å². The van der Waals surface area contributed by atoms with Crippen molar-refractivity contribution < 1.29 is 4.74 Å². The van der Waals surface area contributed by atoms with Gasteiger partial charge in [-0.25, -0.2) is 0 Å². The van der Waals surface area contributed by atoms with E-state index in [1.807, 2.05) is 12.1 Å². The van der Waals surface area contributed by atoms with Gasteiger partial charge in [-0.3, -0.25) is 0 Å². The third kappa shape index (κ3) is 3.72. The van der Waals surface area contributed by atoms with Crippen molar-refractivity contribution in [1.29, 1.82) is 0 Å². The summed E-state index contributed by atoms with van der Waals surface area (Å²) in [5.41, 5.74) is 1.33. The lowest BCUT2D eigenvalue weighted by Crippen LogP contribution is -2.44. The zero-order valence-electron chi connectivity index (χ0n) is 11.6. The van der Waals surface area contributed by atoms with Crippen LogP contribution >= 0.6 is 0 Å². The van der Waals surface area contributed by atoms with Gasteiger partial charge in [0.25, 0.3) is 0 Å². The van der Waals surface area contributed by atoms with Gasteiger partial charge in [-0.1, -0.05) is 18.2 Å². The maximum atomic E-state index is 5.38. The Hall–Kier alpha value is -1.06. The number of para-hydroxylation sites is 1. The molecule has 0 amide bonds. The van der Waals surface area contributed by atoms with E-state index in [2.05, 4.69) is 29.0 Å². The molecule has 0 radical (unpaired) electrons. The van der Waals surface area contributed by atoms with Gasteiger partial charge in [0, 0.05) is 26.2 Å². The zero-order valence-corrected chi connectivity index (χ0v) is 11.6. The second-order valence-electron chi connectivity index (χ2n) is 5.06. The van der Waals surface area contributed by atoms with Crippen LogP contribution in [0.1, 0.15) is 12.0 Å². The van der Waals surface area contributed by atoms with Gasteiger partial charge in [0.2, 0.25) is 0 Å². The SMILES string of the molecule is COc1ccccc1CCCN1CCN(C)CC1. The van der Waals surface area contributed by atoms with Gasteiger partial charge in [-0.15, -0.1) is 0 Å². The summed E-state index contributed by atoms with van der Waals surface area (Å²) in [7, 11) is 3.95. The van der Waals surface area contributed by atoms with E-state index in [4.69, 9.17) is 4.74 Å². The van der Waals surface area contributed by atoms with Crippen LogP contribution in [0.4, 0.5) is 0 Å². The average Bonchev–Trinajstić information content (AvgIpc) is 2.41. The molecule has 3 heteroatoms. The maximum Gasteiger partial charge on any atom is 0.122 e. The molecule has 0 spiro atoms. The topological polar surface area (TPSA) is 15.7 Å². The highest BCUT2D eigenvalue weighted by atomic mass is 16.5. The number of likely N-dealkylation sites (N-methyl/N-ethyl adjacent to an activating group) is 1. The summed E-state index contributed by atoms with van der Waals surface area (Å²) in [6.45, 7) is 6.03. The molecule has 2 rings (SSSR count). The van der Waals surface area contributed by atoms with E-state index < -0.39 is 0 Å². The molecule has 1 aliphatic rings. The first kappa shape index (κ1) is 13.4. The lowest BCUT2D eigenvalue weighted by molar-refractivity contribution is 0.153. The standard InChI is InChI=1S/C15H24N2O/c1-16-10-12-17(13-11-16)9-5-7-14-6-3-4-8-15(14)18-2/h3-4,6,8H,5,7,9-13H2,1-2H3. The molecule has 0 saturated carbocycles. The largest absolute Gasteiger partial charge is 0.496 e. The van der Waals surface area contributed by atoms with Crippen LogP contribution in [0.25, 0.3) is 0 Å². The summed E-state index contributed by atoms with van der Waals surface area (Å²) in [4.78, 5) is 4.96. The highest BCUT2D eigenvalue weighted by Crippen LogP contribution is 2.18. The molecular weight excluding hydrogens is 224 g/mol. The van der Waals surface area contributed by atoms with Crippen LogP contribution in [0.15, 0.2) is 24.3 Å². The monoisotopic (exact) mass is 248 g/mol. The minimum Gasteiger partial charge on any atom is -0.496 e. The van der Waals surface area contributed by atoms with E-state index in [0.29, 0.717) is 0 Å². The third-order valence-corrected chi connectivity index (χ3v) is 3.71. The number of rotatable bonds is 5. The van der Waals surface area contributed by atoms with Gasteiger partial charge >= 0.3 is 0 Å². The Morgan fingerprint density at radius 3 is 2.56 bits per heavy atom. The first-order valence-corrected chi connectivity index (χ1v) is 6.82. The van der Waals surface area contributed by atoms with E-state index in [0.717, 1.165) is 12.2 Å². The Labute approximate surface area is 110 Å². The quantitative estimate of drug-likeness (QED) is 0.791. The molecule has 1 aromatic carbocycles. The molecule has 0 aliphatic carbocycles. The fourth-order valence-electron chi connectivity index (χ4n) is 2.47. The van der Waals surface area contributed by atoms with E-state index >= 15 is 0 Å². The van der Waals surface area contributed by atoms with Crippen molar-refractivity contribution in [3.8, 4) is 5.75 Å². The molecule has 1 fully saturated rings. The second kappa shape index (κ2) is 6.76. The van der Waals surface area contributed by atoms with Crippen LogP contribution in [-0.2, 0) is 6.42 Å². The number of aryl methyl sites for hydroxylation is 1. The molecule has 0 unspecified atom stereocenters. The molecule has 3 nitrogen and oxygen atoms in total. The summed E-state index contributed by atoms with van der Waals surface area (Å²) in [6.07, 6.45) is 2.32. The smallest absolute Gasteiger partial charge is 0.122 e. The molecule has 0 N–H and O–H groups in total. The first-order valence-electron chi connectivity index (χ1n) is 6.82. The molecule has 100 valence electrons. The first-order chi connectivity index (χ1) is 8.79. The van der Waals surface area contributed by atoms with Gasteiger partial charge in [0.1, 0.15) is 5.75 Å². The van der Waals surface area contributed by atoms with Gasteiger partial charge in [-0.2, -0.15) is 0 Å². The van der Waals surface area contributed by atoms with Crippen molar-refractivity contribution in [3.05, 3.63) is 29.8 Å². The van der Waals surface area contributed by atoms with Crippen molar-refractivity contribution in [2.24, 2.45) is 0 Å². The lowest BCUT2D eigenvalue weighted by Gasteiger charge is -2.32. The van der Waals surface area contributed by atoms with E-state index in [9.17, 15) is 0 Å². The fourth-order valence-corrected chi connectivity index (χ4v) is 2.47. The van der Waals surface area contributed by atoms with Gasteiger partial charge < -0.3 is 14.5 Å². The number of hydrogen-bond donors (Lipinski definition) is 0. The Morgan fingerprint density at radius 2 is 1.83 bits per heavy atom. The molecule has 0 atom stereocenters. The summed E-state index contributed by atoms with van der Waals surface area (Å²) in [6, 6.07) is 8.34. The van der Waals surface area contributed by atoms with E-state index in [1.54, 1.807) is 7.11 Å². The number of nitrogens with zero attached hydrogens (tertiary/aromatic N) is 2. The molecule has 18 heavy (non-hydrogen) atoms.